The number of amides is 2. The number of nitrogens with zero attached hydrogens (tertiary/aromatic N) is 5. The minimum absolute atomic E-state index is 0.193. The first-order valence-corrected chi connectivity index (χ1v) is 7.21. The van der Waals surface area contributed by atoms with Gasteiger partial charge in [-0.25, -0.2) is 9.48 Å². The number of urea groups is 1. The molecule has 0 bridgehead atoms. The predicted molar refractivity (Wildman–Crippen MR) is 87.3 cm³/mol. The van der Waals surface area contributed by atoms with Crippen LogP contribution < -0.4 is 5.32 Å². The lowest BCUT2D eigenvalue weighted by Crippen LogP contribution is -2.30. The van der Waals surface area contributed by atoms with E-state index in [2.05, 4.69) is 15.5 Å². The van der Waals surface area contributed by atoms with Crippen LogP contribution in [0.5, 0.6) is 0 Å². The van der Waals surface area contributed by atoms with Crippen molar-refractivity contribution < 1.29 is 4.79 Å². The molecular formula is C16H18N6O. The largest absolute Gasteiger partial charge is 0.323 e. The van der Waals surface area contributed by atoms with Crippen molar-refractivity contribution in [2.24, 2.45) is 7.05 Å². The summed E-state index contributed by atoms with van der Waals surface area (Å²) in [5.74, 6) is 0. The third kappa shape index (κ3) is 3.57. The fraction of sp³-hybridized carbons (Fsp3) is 0.188. The van der Waals surface area contributed by atoms with Crippen molar-refractivity contribution in [3.63, 3.8) is 0 Å². The van der Waals surface area contributed by atoms with E-state index in [0.717, 1.165) is 11.3 Å². The van der Waals surface area contributed by atoms with Crippen LogP contribution in [0.15, 0.2) is 55.1 Å². The Kier molecular flexibility index (Phi) is 4.09. The zero-order valence-corrected chi connectivity index (χ0v) is 13.0. The molecule has 0 spiro atoms. The molecule has 0 unspecified atom stereocenters. The number of carbonyl (C=O) groups excluding carboxylic acids is 1. The molecule has 0 aliphatic rings. The van der Waals surface area contributed by atoms with Crippen LogP contribution in [0.25, 0.3) is 5.69 Å². The lowest BCUT2D eigenvalue weighted by Gasteiger charge is -2.16. The molecule has 2 heterocycles. The highest BCUT2D eigenvalue weighted by molar-refractivity contribution is 5.88. The van der Waals surface area contributed by atoms with Crippen LogP contribution in [0.2, 0.25) is 0 Å². The van der Waals surface area contributed by atoms with Crippen molar-refractivity contribution in [1.29, 1.82) is 0 Å². The summed E-state index contributed by atoms with van der Waals surface area (Å²) in [5, 5.41) is 11.2. The third-order valence-electron chi connectivity index (χ3n) is 3.38. The summed E-state index contributed by atoms with van der Waals surface area (Å²) in [7, 11) is 3.59. The van der Waals surface area contributed by atoms with E-state index in [9.17, 15) is 4.79 Å². The van der Waals surface area contributed by atoms with Gasteiger partial charge in [0.2, 0.25) is 0 Å². The summed E-state index contributed by atoms with van der Waals surface area (Å²) < 4.78 is 3.43. The molecule has 0 saturated carbocycles. The molecule has 0 fully saturated rings. The molecule has 2 aromatic heterocycles. The zero-order valence-electron chi connectivity index (χ0n) is 13.0. The van der Waals surface area contributed by atoms with Crippen molar-refractivity contribution in [3.05, 3.63) is 60.7 Å². The Bertz CT molecular complexity index is 792. The average molecular weight is 310 g/mol. The van der Waals surface area contributed by atoms with E-state index >= 15 is 0 Å². The Labute approximate surface area is 134 Å². The molecule has 0 saturated heterocycles. The maximum Gasteiger partial charge on any atom is 0.321 e. The summed E-state index contributed by atoms with van der Waals surface area (Å²) in [6.45, 7) is 0.493. The molecule has 2 amide bonds. The van der Waals surface area contributed by atoms with Crippen LogP contribution in [0, 0.1) is 0 Å². The van der Waals surface area contributed by atoms with Gasteiger partial charge in [0, 0.05) is 25.9 Å². The number of para-hydroxylation sites is 1. The Balaban J connectivity index is 1.63. The smallest absolute Gasteiger partial charge is 0.321 e. The first-order chi connectivity index (χ1) is 11.1. The van der Waals surface area contributed by atoms with Gasteiger partial charge in [0.05, 0.1) is 36.5 Å². The molecule has 0 aliphatic carbocycles. The van der Waals surface area contributed by atoms with E-state index in [1.165, 1.54) is 0 Å². The van der Waals surface area contributed by atoms with Crippen LogP contribution in [0.1, 0.15) is 5.56 Å². The predicted octanol–water partition coefficient (Wildman–Crippen LogP) is 2.27. The maximum atomic E-state index is 12.2. The average Bonchev–Trinajstić information content (AvgIpc) is 3.17. The van der Waals surface area contributed by atoms with Gasteiger partial charge in [0.25, 0.3) is 0 Å². The number of anilines is 1. The van der Waals surface area contributed by atoms with Gasteiger partial charge in [-0.1, -0.05) is 18.2 Å². The molecule has 3 aromatic rings. The van der Waals surface area contributed by atoms with Crippen LogP contribution in [-0.2, 0) is 13.6 Å². The summed E-state index contributed by atoms with van der Waals surface area (Å²) >= 11 is 0. The fourth-order valence-electron chi connectivity index (χ4n) is 2.23. The number of hydrogen-bond acceptors (Lipinski definition) is 3. The number of nitrogens with one attached hydrogen (secondary N) is 1. The molecule has 0 atom stereocenters. The maximum absolute atomic E-state index is 12.2. The highest BCUT2D eigenvalue weighted by Gasteiger charge is 2.11. The number of carbonyl (C=O) groups is 1. The van der Waals surface area contributed by atoms with Crippen molar-refractivity contribution in [1.82, 2.24) is 24.5 Å². The van der Waals surface area contributed by atoms with Gasteiger partial charge >= 0.3 is 6.03 Å². The van der Waals surface area contributed by atoms with Crippen LogP contribution in [0.4, 0.5) is 10.5 Å². The Hall–Kier alpha value is -3.09. The summed E-state index contributed by atoms with van der Waals surface area (Å²) in [6, 6.07) is 9.54. The summed E-state index contributed by atoms with van der Waals surface area (Å²) in [5.41, 5.74) is 2.57. The van der Waals surface area contributed by atoms with Gasteiger partial charge in [-0.05, 0) is 12.1 Å². The highest BCUT2D eigenvalue weighted by atomic mass is 16.2. The third-order valence-corrected chi connectivity index (χ3v) is 3.38. The summed E-state index contributed by atoms with van der Waals surface area (Å²) in [4.78, 5) is 13.8. The van der Waals surface area contributed by atoms with E-state index in [1.807, 2.05) is 43.6 Å². The zero-order chi connectivity index (χ0) is 16.2. The molecule has 23 heavy (non-hydrogen) atoms. The van der Waals surface area contributed by atoms with Gasteiger partial charge in [-0.15, -0.1) is 0 Å². The minimum Gasteiger partial charge on any atom is -0.323 e. The molecule has 0 aliphatic heterocycles. The van der Waals surface area contributed by atoms with E-state index in [0.29, 0.717) is 12.2 Å². The second kappa shape index (κ2) is 6.35. The lowest BCUT2D eigenvalue weighted by molar-refractivity contribution is 0.220. The number of hydrogen-bond donors (Lipinski definition) is 1. The highest BCUT2D eigenvalue weighted by Crippen LogP contribution is 2.12. The van der Waals surface area contributed by atoms with Gasteiger partial charge < -0.3 is 10.2 Å². The van der Waals surface area contributed by atoms with E-state index < -0.39 is 0 Å². The van der Waals surface area contributed by atoms with Crippen molar-refractivity contribution in [3.8, 4) is 5.69 Å². The first-order valence-electron chi connectivity index (χ1n) is 7.21. The molecule has 1 aromatic carbocycles. The second-order valence-electron chi connectivity index (χ2n) is 5.32. The topological polar surface area (TPSA) is 68.0 Å². The van der Waals surface area contributed by atoms with Crippen molar-refractivity contribution >= 4 is 11.7 Å². The molecular weight excluding hydrogens is 292 g/mol. The molecule has 7 nitrogen and oxygen atoms in total. The normalized spacial score (nSPS) is 10.5. The van der Waals surface area contributed by atoms with Gasteiger partial charge in [0.15, 0.2) is 0 Å². The SMILES string of the molecule is CN(Cc1cnn(C)c1)C(=O)Nc1cnn(-c2ccccc2)c1. The quantitative estimate of drug-likeness (QED) is 0.804. The van der Waals surface area contributed by atoms with Crippen LogP contribution in [0.3, 0.4) is 0 Å². The van der Waals surface area contributed by atoms with Crippen molar-refractivity contribution in [2.45, 2.75) is 6.54 Å². The standard InChI is InChI=1S/C16H18N6O/c1-20(10-13-8-17-21(2)11-13)16(23)19-14-9-18-22(12-14)15-6-4-3-5-7-15/h3-9,11-12H,10H2,1-2H3,(H,19,23). The number of aromatic nitrogens is 4. The number of rotatable bonds is 4. The fourth-order valence-corrected chi connectivity index (χ4v) is 2.23. The van der Waals surface area contributed by atoms with Crippen molar-refractivity contribution in [2.75, 3.05) is 12.4 Å². The van der Waals surface area contributed by atoms with E-state index in [-0.39, 0.29) is 6.03 Å². The Morgan fingerprint density at radius 2 is 1.96 bits per heavy atom. The Morgan fingerprint density at radius 1 is 1.17 bits per heavy atom. The van der Waals surface area contributed by atoms with E-state index in [1.54, 1.807) is 39.9 Å². The summed E-state index contributed by atoms with van der Waals surface area (Å²) in [6.07, 6.45) is 7.04. The van der Waals surface area contributed by atoms with Crippen LogP contribution in [-0.4, -0.2) is 37.5 Å². The monoisotopic (exact) mass is 310 g/mol. The number of aryl methyl sites for hydroxylation is 1. The molecule has 0 radical (unpaired) electrons. The molecule has 118 valence electrons. The minimum atomic E-state index is -0.193. The molecule has 7 heteroatoms. The lowest BCUT2D eigenvalue weighted by atomic mass is 10.3. The first kappa shape index (κ1) is 14.8. The molecule has 3 rings (SSSR count). The van der Waals surface area contributed by atoms with Gasteiger partial charge in [0.1, 0.15) is 0 Å². The second-order valence-corrected chi connectivity index (χ2v) is 5.32. The number of benzene rings is 1. The Morgan fingerprint density at radius 3 is 2.65 bits per heavy atom. The van der Waals surface area contributed by atoms with E-state index in [4.69, 9.17) is 0 Å². The van der Waals surface area contributed by atoms with Gasteiger partial charge in [-0.3, -0.25) is 4.68 Å². The van der Waals surface area contributed by atoms with Crippen LogP contribution >= 0.6 is 0 Å². The van der Waals surface area contributed by atoms with Gasteiger partial charge in [-0.2, -0.15) is 10.2 Å². The molecule has 1 N–H and O–H groups in total.